The second-order valence-electron chi connectivity index (χ2n) is 5.73. The van der Waals surface area contributed by atoms with Crippen LogP contribution in [0, 0.1) is 5.82 Å². The zero-order chi connectivity index (χ0) is 15.5. The molecular formula is C17H20FN3O. The quantitative estimate of drug-likeness (QED) is 0.943. The molecule has 1 aromatic heterocycles. The third kappa shape index (κ3) is 3.20. The Morgan fingerprint density at radius 2 is 2.09 bits per heavy atom. The molecule has 0 aliphatic carbocycles. The van der Waals surface area contributed by atoms with E-state index in [2.05, 4.69) is 20.9 Å². The van der Waals surface area contributed by atoms with Crippen molar-refractivity contribution < 1.29 is 9.18 Å². The second-order valence-corrected chi connectivity index (χ2v) is 5.73. The van der Waals surface area contributed by atoms with Crippen molar-refractivity contribution in [2.75, 3.05) is 18.4 Å². The van der Waals surface area contributed by atoms with Crippen LogP contribution in [0.4, 0.5) is 10.1 Å². The lowest BCUT2D eigenvalue weighted by Crippen LogP contribution is -2.33. The number of halogens is 1. The Hall–Kier alpha value is -2.14. The summed E-state index contributed by atoms with van der Waals surface area (Å²) in [7, 11) is 2.03. The molecule has 2 aromatic rings. The van der Waals surface area contributed by atoms with E-state index in [9.17, 15) is 9.18 Å². The molecule has 116 valence electrons. The highest BCUT2D eigenvalue weighted by Gasteiger charge is 2.28. The van der Waals surface area contributed by atoms with Crippen LogP contribution in [0.2, 0.25) is 0 Å². The maximum absolute atomic E-state index is 12.9. The van der Waals surface area contributed by atoms with Crippen LogP contribution in [0.1, 0.15) is 24.6 Å². The predicted molar refractivity (Wildman–Crippen MR) is 84.0 cm³/mol. The van der Waals surface area contributed by atoms with Gasteiger partial charge in [-0.05, 0) is 55.8 Å². The molecule has 1 saturated heterocycles. The summed E-state index contributed by atoms with van der Waals surface area (Å²) in [6.45, 7) is 1.28. The highest BCUT2D eigenvalue weighted by molar-refractivity contribution is 5.92. The Labute approximate surface area is 129 Å². The monoisotopic (exact) mass is 301 g/mol. The Bertz CT molecular complexity index is 650. The fourth-order valence-corrected chi connectivity index (χ4v) is 3.09. The van der Waals surface area contributed by atoms with E-state index in [4.69, 9.17) is 0 Å². The number of nitrogens with zero attached hydrogens (tertiary/aromatic N) is 2. The van der Waals surface area contributed by atoms with E-state index in [-0.39, 0.29) is 11.7 Å². The van der Waals surface area contributed by atoms with E-state index >= 15 is 0 Å². The van der Waals surface area contributed by atoms with E-state index in [1.54, 1.807) is 12.1 Å². The van der Waals surface area contributed by atoms with Gasteiger partial charge in [-0.25, -0.2) is 4.39 Å². The van der Waals surface area contributed by atoms with Crippen LogP contribution in [-0.2, 0) is 11.8 Å². The van der Waals surface area contributed by atoms with Gasteiger partial charge in [-0.2, -0.15) is 0 Å². The number of likely N-dealkylation sites (tertiary alicyclic amines) is 1. The topological polar surface area (TPSA) is 37.3 Å². The number of aryl methyl sites for hydroxylation is 1. The van der Waals surface area contributed by atoms with Crippen molar-refractivity contribution in [1.82, 2.24) is 9.47 Å². The number of anilines is 1. The van der Waals surface area contributed by atoms with Gasteiger partial charge in [0.1, 0.15) is 5.82 Å². The molecule has 1 aromatic carbocycles. The molecule has 1 aliphatic rings. The maximum Gasteiger partial charge on any atom is 0.238 e. The first kappa shape index (κ1) is 14.8. The van der Waals surface area contributed by atoms with Crippen molar-refractivity contribution in [2.24, 2.45) is 7.05 Å². The molecule has 4 nitrogen and oxygen atoms in total. The second kappa shape index (κ2) is 6.32. The molecule has 1 aliphatic heterocycles. The summed E-state index contributed by atoms with van der Waals surface area (Å²) >= 11 is 0. The summed E-state index contributed by atoms with van der Waals surface area (Å²) in [6, 6.07) is 10.3. The van der Waals surface area contributed by atoms with Crippen LogP contribution in [0.25, 0.3) is 0 Å². The number of benzene rings is 1. The highest BCUT2D eigenvalue weighted by atomic mass is 19.1. The highest BCUT2D eigenvalue weighted by Crippen LogP contribution is 2.31. The van der Waals surface area contributed by atoms with Crippen molar-refractivity contribution in [1.29, 1.82) is 0 Å². The fraction of sp³-hybridized carbons (Fsp3) is 0.353. The normalized spacial score (nSPS) is 18.5. The van der Waals surface area contributed by atoms with Gasteiger partial charge in [-0.15, -0.1) is 0 Å². The minimum atomic E-state index is -0.304. The lowest BCUT2D eigenvalue weighted by molar-refractivity contribution is -0.117. The van der Waals surface area contributed by atoms with E-state index < -0.39 is 0 Å². The summed E-state index contributed by atoms with van der Waals surface area (Å²) in [5, 5.41) is 2.82. The first-order chi connectivity index (χ1) is 10.6. The number of carbonyl (C=O) groups is 1. The van der Waals surface area contributed by atoms with E-state index in [0.29, 0.717) is 18.3 Å². The van der Waals surface area contributed by atoms with Gasteiger partial charge >= 0.3 is 0 Å². The predicted octanol–water partition coefficient (Wildman–Crippen LogP) is 2.94. The number of hydrogen-bond donors (Lipinski definition) is 1. The maximum atomic E-state index is 12.9. The molecule has 2 heterocycles. The molecule has 0 bridgehead atoms. The minimum Gasteiger partial charge on any atom is -0.353 e. The third-order valence-electron chi connectivity index (χ3n) is 4.16. The van der Waals surface area contributed by atoms with Crippen molar-refractivity contribution in [3.63, 3.8) is 0 Å². The molecule has 1 amide bonds. The summed E-state index contributed by atoms with van der Waals surface area (Å²) in [5.41, 5.74) is 1.87. The van der Waals surface area contributed by atoms with E-state index in [1.807, 2.05) is 19.3 Å². The largest absolute Gasteiger partial charge is 0.353 e. The summed E-state index contributed by atoms with van der Waals surface area (Å²) in [4.78, 5) is 14.4. The Morgan fingerprint density at radius 3 is 2.77 bits per heavy atom. The molecule has 0 unspecified atom stereocenters. The molecule has 0 saturated carbocycles. The zero-order valence-corrected chi connectivity index (χ0v) is 12.6. The van der Waals surface area contributed by atoms with Gasteiger partial charge in [0.2, 0.25) is 5.91 Å². The molecule has 1 atom stereocenters. The van der Waals surface area contributed by atoms with Gasteiger partial charge in [0.25, 0.3) is 0 Å². The number of hydrogen-bond acceptors (Lipinski definition) is 2. The Balaban J connectivity index is 1.63. The number of rotatable bonds is 4. The average molecular weight is 301 g/mol. The zero-order valence-electron chi connectivity index (χ0n) is 12.6. The van der Waals surface area contributed by atoms with Crippen LogP contribution < -0.4 is 5.32 Å². The van der Waals surface area contributed by atoms with E-state index in [1.165, 1.54) is 17.8 Å². The molecule has 1 N–H and O–H groups in total. The van der Waals surface area contributed by atoms with Crippen molar-refractivity contribution in [2.45, 2.75) is 18.9 Å². The SMILES string of the molecule is Cn1cccc1[C@H]1CCCN1CC(=O)Nc1ccc(F)cc1. The lowest BCUT2D eigenvalue weighted by Gasteiger charge is -2.24. The van der Waals surface area contributed by atoms with Crippen LogP contribution in [-0.4, -0.2) is 28.5 Å². The Kier molecular flexibility index (Phi) is 4.24. The van der Waals surface area contributed by atoms with Crippen LogP contribution in [0.5, 0.6) is 0 Å². The van der Waals surface area contributed by atoms with Crippen molar-refractivity contribution >= 4 is 11.6 Å². The standard InChI is InChI=1S/C17H20FN3O/c1-20-10-2-4-15(20)16-5-3-11-21(16)12-17(22)19-14-8-6-13(18)7-9-14/h2,4,6-10,16H,3,5,11-12H2,1H3,(H,19,22)/t16-/m1/s1. The first-order valence-electron chi connectivity index (χ1n) is 7.54. The minimum absolute atomic E-state index is 0.0623. The number of carbonyl (C=O) groups excluding carboxylic acids is 1. The number of aromatic nitrogens is 1. The first-order valence-corrected chi connectivity index (χ1v) is 7.54. The van der Waals surface area contributed by atoms with Gasteiger partial charge in [0.15, 0.2) is 0 Å². The molecule has 0 radical (unpaired) electrons. The van der Waals surface area contributed by atoms with Crippen molar-refractivity contribution in [3.8, 4) is 0 Å². The summed E-state index contributed by atoms with van der Waals surface area (Å²) in [6.07, 6.45) is 4.20. The molecular weight excluding hydrogens is 281 g/mol. The van der Waals surface area contributed by atoms with E-state index in [0.717, 1.165) is 19.4 Å². The molecule has 0 spiro atoms. The number of amides is 1. The van der Waals surface area contributed by atoms with Gasteiger partial charge in [-0.1, -0.05) is 0 Å². The smallest absolute Gasteiger partial charge is 0.238 e. The summed E-state index contributed by atoms with van der Waals surface area (Å²) < 4.78 is 15.0. The molecule has 22 heavy (non-hydrogen) atoms. The molecule has 3 rings (SSSR count). The van der Waals surface area contributed by atoms with Gasteiger partial charge in [0, 0.05) is 24.6 Å². The molecule has 5 heteroatoms. The van der Waals surface area contributed by atoms with Gasteiger partial charge in [-0.3, -0.25) is 9.69 Å². The number of nitrogens with one attached hydrogen (secondary N) is 1. The Morgan fingerprint density at radius 1 is 1.32 bits per heavy atom. The molecule has 1 fully saturated rings. The third-order valence-corrected chi connectivity index (χ3v) is 4.16. The van der Waals surface area contributed by atoms with Crippen LogP contribution >= 0.6 is 0 Å². The van der Waals surface area contributed by atoms with Gasteiger partial charge < -0.3 is 9.88 Å². The average Bonchev–Trinajstić information content (AvgIpc) is 3.10. The van der Waals surface area contributed by atoms with Crippen LogP contribution in [0.3, 0.4) is 0 Å². The lowest BCUT2D eigenvalue weighted by atomic mass is 10.1. The fourth-order valence-electron chi connectivity index (χ4n) is 3.09. The van der Waals surface area contributed by atoms with Gasteiger partial charge in [0.05, 0.1) is 12.6 Å². The summed E-state index contributed by atoms with van der Waals surface area (Å²) in [5.74, 6) is -0.367. The van der Waals surface area contributed by atoms with Crippen LogP contribution in [0.15, 0.2) is 42.6 Å². The van der Waals surface area contributed by atoms with Crippen molar-refractivity contribution in [3.05, 3.63) is 54.1 Å².